The van der Waals surface area contributed by atoms with Crippen molar-refractivity contribution >= 4 is 21.4 Å². The number of nitrogens with one attached hydrogen (secondary N) is 1. The number of sulfone groups is 1. The maximum absolute atomic E-state index is 11.7. The number of hydrogen-bond donors (Lipinski definition) is 2. The number of aromatic nitrogens is 2. The summed E-state index contributed by atoms with van der Waals surface area (Å²) in [5.41, 5.74) is 6.16. The van der Waals surface area contributed by atoms with Gasteiger partial charge < -0.3 is 11.1 Å². The number of hydrogen-bond acceptors (Lipinski definition) is 5. The average Bonchev–Trinajstić information content (AvgIpc) is 2.72. The topological polar surface area (TPSA) is 107 Å². The molecule has 0 aliphatic rings. The highest BCUT2D eigenvalue weighted by Crippen LogP contribution is 2.06. The third-order valence-corrected chi connectivity index (χ3v) is 3.34. The van der Waals surface area contributed by atoms with Crippen LogP contribution in [0.3, 0.4) is 0 Å². The van der Waals surface area contributed by atoms with Crippen LogP contribution in [0.4, 0.5) is 5.69 Å². The Labute approximate surface area is 106 Å². The predicted octanol–water partition coefficient (Wildman–Crippen LogP) is -0.396. The van der Waals surface area contributed by atoms with E-state index >= 15 is 0 Å². The fourth-order valence-corrected chi connectivity index (χ4v) is 1.99. The summed E-state index contributed by atoms with van der Waals surface area (Å²) in [5.74, 6) is -0.509. The number of amides is 1. The Kier molecular flexibility index (Phi) is 4.85. The van der Waals surface area contributed by atoms with Crippen molar-refractivity contribution in [3.05, 3.63) is 12.4 Å². The van der Waals surface area contributed by atoms with Crippen molar-refractivity contribution in [1.82, 2.24) is 9.78 Å². The molecule has 1 aromatic heterocycles. The van der Waals surface area contributed by atoms with E-state index in [1.165, 1.54) is 6.20 Å². The molecule has 7 nitrogen and oxygen atoms in total. The Hall–Kier alpha value is -1.41. The van der Waals surface area contributed by atoms with Crippen LogP contribution in [0.1, 0.15) is 13.3 Å². The molecule has 1 amide bonds. The van der Waals surface area contributed by atoms with E-state index in [2.05, 4.69) is 10.4 Å². The molecular weight excluding hydrogens is 256 g/mol. The lowest BCUT2D eigenvalue weighted by Gasteiger charge is -2.10. The zero-order valence-electron chi connectivity index (χ0n) is 10.5. The Morgan fingerprint density at radius 3 is 2.78 bits per heavy atom. The Morgan fingerprint density at radius 1 is 1.61 bits per heavy atom. The molecule has 8 heteroatoms. The minimum Gasteiger partial charge on any atom is -0.322 e. The molecule has 0 saturated heterocycles. The first kappa shape index (κ1) is 14.7. The summed E-state index contributed by atoms with van der Waals surface area (Å²) in [6, 6.07) is -0.843. The van der Waals surface area contributed by atoms with Gasteiger partial charge in [-0.15, -0.1) is 0 Å². The van der Waals surface area contributed by atoms with Crippen LogP contribution in [0.15, 0.2) is 12.4 Å². The number of anilines is 1. The van der Waals surface area contributed by atoms with Gasteiger partial charge >= 0.3 is 0 Å². The second-order valence-corrected chi connectivity index (χ2v) is 6.36. The monoisotopic (exact) mass is 274 g/mol. The molecule has 0 bridgehead atoms. The zero-order chi connectivity index (χ0) is 13.8. The minimum atomic E-state index is -3.10. The Balaban J connectivity index is 2.49. The van der Waals surface area contributed by atoms with E-state index in [1.54, 1.807) is 10.9 Å². The average molecular weight is 274 g/mol. The largest absolute Gasteiger partial charge is 0.322 e. The lowest BCUT2D eigenvalue weighted by molar-refractivity contribution is -0.117. The van der Waals surface area contributed by atoms with Gasteiger partial charge in [0.15, 0.2) is 0 Å². The van der Waals surface area contributed by atoms with E-state index < -0.39 is 21.8 Å². The summed E-state index contributed by atoms with van der Waals surface area (Å²) < 4.78 is 23.6. The quantitative estimate of drug-likeness (QED) is 0.734. The van der Waals surface area contributed by atoms with Crippen LogP contribution in [-0.4, -0.2) is 42.2 Å². The zero-order valence-corrected chi connectivity index (χ0v) is 11.3. The van der Waals surface area contributed by atoms with Gasteiger partial charge in [0.1, 0.15) is 9.84 Å². The van der Waals surface area contributed by atoms with Crippen molar-refractivity contribution in [3.8, 4) is 0 Å². The lowest BCUT2D eigenvalue weighted by atomic mass is 10.2. The van der Waals surface area contributed by atoms with Gasteiger partial charge in [-0.25, -0.2) is 8.42 Å². The van der Waals surface area contributed by atoms with Gasteiger partial charge in [0.2, 0.25) is 5.91 Å². The van der Waals surface area contributed by atoms with Gasteiger partial charge in [-0.05, 0) is 13.3 Å². The molecule has 0 saturated carbocycles. The maximum atomic E-state index is 11.7. The first-order valence-corrected chi connectivity index (χ1v) is 7.64. The van der Waals surface area contributed by atoms with Crippen molar-refractivity contribution in [2.45, 2.75) is 25.9 Å². The summed E-state index contributed by atoms with van der Waals surface area (Å²) in [6.07, 6.45) is 4.42. The van der Waals surface area contributed by atoms with Gasteiger partial charge in [0.25, 0.3) is 0 Å². The number of carbonyl (C=O) groups excluding carboxylic acids is 1. The molecule has 0 aliphatic heterocycles. The first-order valence-electron chi connectivity index (χ1n) is 5.58. The van der Waals surface area contributed by atoms with Crippen molar-refractivity contribution in [2.24, 2.45) is 5.73 Å². The standard InChI is InChI=1S/C10H18N4O3S/c1-3-14-7-8(6-12-14)13-10(15)9(11)4-5-18(2,16)17/h6-7,9H,3-5,11H2,1-2H3,(H,13,15). The van der Waals surface area contributed by atoms with Crippen LogP contribution in [0.2, 0.25) is 0 Å². The lowest BCUT2D eigenvalue weighted by Crippen LogP contribution is -2.37. The van der Waals surface area contributed by atoms with E-state index in [0.717, 1.165) is 6.26 Å². The second kappa shape index (κ2) is 5.96. The summed E-state index contributed by atoms with van der Waals surface area (Å²) in [5, 5.41) is 6.59. The smallest absolute Gasteiger partial charge is 0.241 e. The van der Waals surface area contributed by atoms with Gasteiger partial charge in [0.05, 0.1) is 23.7 Å². The Morgan fingerprint density at radius 2 is 2.28 bits per heavy atom. The predicted molar refractivity (Wildman–Crippen MR) is 68.8 cm³/mol. The van der Waals surface area contributed by atoms with E-state index in [0.29, 0.717) is 12.2 Å². The molecule has 1 unspecified atom stereocenters. The minimum absolute atomic E-state index is 0.101. The molecule has 0 aromatic carbocycles. The summed E-state index contributed by atoms with van der Waals surface area (Å²) in [4.78, 5) is 11.7. The highest BCUT2D eigenvalue weighted by molar-refractivity contribution is 7.90. The molecular formula is C10H18N4O3S. The van der Waals surface area contributed by atoms with E-state index in [1.807, 2.05) is 6.92 Å². The van der Waals surface area contributed by atoms with Crippen LogP contribution in [0.25, 0.3) is 0 Å². The fourth-order valence-electron chi connectivity index (χ4n) is 1.31. The van der Waals surface area contributed by atoms with Gasteiger partial charge in [-0.2, -0.15) is 5.10 Å². The molecule has 1 rings (SSSR count). The molecule has 0 radical (unpaired) electrons. The Bertz CT molecular complexity index is 509. The highest BCUT2D eigenvalue weighted by atomic mass is 32.2. The summed E-state index contributed by atoms with van der Waals surface area (Å²) in [7, 11) is -3.10. The van der Waals surface area contributed by atoms with Crippen molar-refractivity contribution < 1.29 is 13.2 Å². The SMILES string of the molecule is CCn1cc(NC(=O)C(N)CCS(C)(=O)=O)cn1. The fraction of sp³-hybridized carbons (Fsp3) is 0.600. The van der Waals surface area contributed by atoms with Crippen molar-refractivity contribution in [2.75, 3.05) is 17.3 Å². The van der Waals surface area contributed by atoms with Gasteiger partial charge in [0, 0.05) is 19.0 Å². The number of carbonyl (C=O) groups is 1. The van der Waals surface area contributed by atoms with Crippen LogP contribution >= 0.6 is 0 Å². The second-order valence-electron chi connectivity index (χ2n) is 4.10. The number of rotatable bonds is 6. The maximum Gasteiger partial charge on any atom is 0.241 e. The number of nitrogens with two attached hydrogens (primary N) is 1. The molecule has 18 heavy (non-hydrogen) atoms. The van der Waals surface area contributed by atoms with Crippen LogP contribution in [0.5, 0.6) is 0 Å². The molecule has 0 spiro atoms. The molecule has 0 aliphatic carbocycles. The molecule has 1 aromatic rings. The third-order valence-electron chi connectivity index (χ3n) is 2.36. The van der Waals surface area contributed by atoms with Gasteiger partial charge in [-0.1, -0.05) is 0 Å². The third kappa shape index (κ3) is 4.84. The molecule has 1 heterocycles. The summed E-state index contributed by atoms with van der Waals surface area (Å²) in [6.45, 7) is 2.63. The van der Waals surface area contributed by atoms with Gasteiger partial charge in [-0.3, -0.25) is 9.48 Å². The molecule has 1 atom stereocenters. The number of aryl methyl sites for hydroxylation is 1. The van der Waals surface area contributed by atoms with Crippen LogP contribution < -0.4 is 11.1 Å². The molecule has 0 fully saturated rings. The van der Waals surface area contributed by atoms with Crippen LogP contribution in [-0.2, 0) is 21.2 Å². The van der Waals surface area contributed by atoms with Crippen molar-refractivity contribution in [1.29, 1.82) is 0 Å². The van der Waals surface area contributed by atoms with E-state index in [4.69, 9.17) is 5.73 Å². The van der Waals surface area contributed by atoms with Crippen molar-refractivity contribution in [3.63, 3.8) is 0 Å². The highest BCUT2D eigenvalue weighted by Gasteiger charge is 2.16. The van der Waals surface area contributed by atoms with E-state index in [9.17, 15) is 13.2 Å². The van der Waals surface area contributed by atoms with Crippen LogP contribution in [0, 0.1) is 0 Å². The molecule has 3 N–H and O–H groups in total. The number of nitrogens with zero attached hydrogens (tertiary/aromatic N) is 2. The molecule has 102 valence electrons. The van der Waals surface area contributed by atoms with E-state index in [-0.39, 0.29) is 12.2 Å². The first-order chi connectivity index (χ1) is 8.31. The summed E-state index contributed by atoms with van der Waals surface area (Å²) >= 11 is 0. The normalized spacial score (nSPS) is 13.3.